The average molecular weight is 193 g/mol. The van der Waals surface area contributed by atoms with E-state index in [0.29, 0.717) is 5.39 Å². The Morgan fingerprint density at radius 2 is 2.07 bits per heavy atom. The summed E-state index contributed by atoms with van der Waals surface area (Å²) in [7, 11) is 0. The number of aryl methyl sites for hydroxylation is 1. The Bertz CT molecular complexity index is 560. The molecule has 0 spiro atoms. The van der Waals surface area contributed by atoms with Crippen LogP contribution in [0.2, 0.25) is 0 Å². The summed E-state index contributed by atoms with van der Waals surface area (Å²) in [6.45, 7) is 1.75. The van der Waals surface area contributed by atoms with E-state index in [1.165, 1.54) is 12.1 Å². The van der Waals surface area contributed by atoms with Crippen LogP contribution in [0, 0.1) is 12.7 Å². The highest BCUT2D eigenvalue weighted by atomic mass is 19.1. The number of nitrogen functional groups attached to an aromatic ring is 1. The SMILES string of the molecule is Cc1cc(=O)oc2cc(F)c(N)cc12. The normalized spacial score (nSPS) is 10.7. The number of hydrogen-bond donors (Lipinski definition) is 1. The molecule has 2 rings (SSSR count). The molecule has 0 atom stereocenters. The molecule has 1 heterocycles. The lowest BCUT2D eigenvalue weighted by molar-refractivity contribution is 0.553. The highest BCUT2D eigenvalue weighted by molar-refractivity contribution is 5.83. The largest absolute Gasteiger partial charge is 0.423 e. The van der Waals surface area contributed by atoms with E-state index in [-0.39, 0.29) is 11.3 Å². The molecule has 0 radical (unpaired) electrons. The van der Waals surface area contributed by atoms with Crippen LogP contribution in [0.25, 0.3) is 11.0 Å². The van der Waals surface area contributed by atoms with Crippen molar-refractivity contribution < 1.29 is 8.81 Å². The van der Waals surface area contributed by atoms with Gasteiger partial charge < -0.3 is 10.2 Å². The topological polar surface area (TPSA) is 56.2 Å². The van der Waals surface area contributed by atoms with Gasteiger partial charge in [0.05, 0.1) is 5.69 Å². The molecule has 4 heteroatoms. The summed E-state index contributed by atoms with van der Waals surface area (Å²) in [5.41, 5.74) is 5.91. The van der Waals surface area contributed by atoms with E-state index in [9.17, 15) is 9.18 Å². The second-order valence-corrected chi connectivity index (χ2v) is 3.12. The molecule has 3 nitrogen and oxygen atoms in total. The predicted molar refractivity (Wildman–Crippen MR) is 51.6 cm³/mol. The van der Waals surface area contributed by atoms with Crippen molar-refractivity contribution >= 4 is 16.7 Å². The summed E-state index contributed by atoms with van der Waals surface area (Å²) >= 11 is 0. The van der Waals surface area contributed by atoms with Crippen LogP contribution < -0.4 is 11.4 Å². The van der Waals surface area contributed by atoms with Crippen LogP contribution >= 0.6 is 0 Å². The minimum atomic E-state index is -0.578. The van der Waals surface area contributed by atoms with Crippen LogP contribution in [0.15, 0.2) is 27.4 Å². The molecule has 1 aromatic carbocycles. The Morgan fingerprint density at radius 1 is 1.36 bits per heavy atom. The molecule has 72 valence electrons. The molecule has 14 heavy (non-hydrogen) atoms. The van der Waals surface area contributed by atoms with E-state index >= 15 is 0 Å². The first-order valence-electron chi connectivity index (χ1n) is 4.07. The van der Waals surface area contributed by atoms with Crippen molar-refractivity contribution in [2.45, 2.75) is 6.92 Å². The van der Waals surface area contributed by atoms with Crippen LogP contribution in [0.1, 0.15) is 5.56 Å². The summed E-state index contributed by atoms with van der Waals surface area (Å²) in [6.07, 6.45) is 0. The second kappa shape index (κ2) is 2.83. The standard InChI is InChI=1S/C10H8FNO2/c1-5-2-10(13)14-9-4-7(11)8(12)3-6(5)9/h2-4H,12H2,1H3. The minimum Gasteiger partial charge on any atom is -0.423 e. The fourth-order valence-electron chi connectivity index (χ4n) is 1.36. The van der Waals surface area contributed by atoms with Crippen LogP contribution in [0.4, 0.5) is 10.1 Å². The molecule has 0 saturated heterocycles. The fraction of sp³-hybridized carbons (Fsp3) is 0.100. The molecule has 0 fully saturated rings. The van der Waals surface area contributed by atoms with E-state index in [1.54, 1.807) is 6.92 Å². The number of rotatable bonds is 0. The van der Waals surface area contributed by atoms with E-state index in [2.05, 4.69) is 0 Å². The smallest absolute Gasteiger partial charge is 0.336 e. The van der Waals surface area contributed by atoms with Crippen molar-refractivity contribution in [3.8, 4) is 0 Å². The quantitative estimate of drug-likeness (QED) is 0.513. The van der Waals surface area contributed by atoms with Gasteiger partial charge >= 0.3 is 5.63 Å². The van der Waals surface area contributed by atoms with Gasteiger partial charge in [-0.25, -0.2) is 9.18 Å². The van der Waals surface area contributed by atoms with Gasteiger partial charge in [-0.2, -0.15) is 0 Å². The summed E-state index contributed by atoms with van der Waals surface area (Å²) < 4.78 is 17.9. The number of anilines is 1. The number of hydrogen-bond acceptors (Lipinski definition) is 3. The first kappa shape index (κ1) is 8.74. The van der Waals surface area contributed by atoms with Crippen molar-refractivity contribution in [1.82, 2.24) is 0 Å². The van der Waals surface area contributed by atoms with Crippen LogP contribution in [0.3, 0.4) is 0 Å². The zero-order valence-corrected chi connectivity index (χ0v) is 7.50. The van der Waals surface area contributed by atoms with Crippen molar-refractivity contribution in [2.24, 2.45) is 0 Å². The molecule has 2 aromatic rings. The zero-order chi connectivity index (χ0) is 10.3. The lowest BCUT2D eigenvalue weighted by Crippen LogP contribution is -1.99. The third-order valence-electron chi connectivity index (χ3n) is 2.07. The van der Waals surface area contributed by atoms with Crippen molar-refractivity contribution in [3.05, 3.63) is 40.0 Å². The Kier molecular flexibility index (Phi) is 1.77. The molecule has 1 aromatic heterocycles. The van der Waals surface area contributed by atoms with Gasteiger partial charge in [-0.1, -0.05) is 0 Å². The molecule has 0 bridgehead atoms. The molecule has 0 amide bonds. The highest BCUT2D eigenvalue weighted by Gasteiger charge is 2.06. The number of fused-ring (bicyclic) bond motifs is 1. The van der Waals surface area contributed by atoms with Crippen LogP contribution in [-0.4, -0.2) is 0 Å². The predicted octanol–water partition coefficient (Wildman–Crippen LogP) is 1.82. The molecule has 2 N–H and O–H groups in total. The third-order valence-corrected chi connectivity index (χ3v) is 2.07. The zero-order valence-electron chi connectivity index (χ0n) is 7.50. The van der Waals surface area contributed by atoms with Crippen LogP contribution in [-0.2, 0) is 0 Å². The van der Waals surface area contributed by atoms with Gasteiger partial charge in [0.1, 0.15) is 11.4 Å². The van der Waals surface area contributed by atoms with Gasteiger partial charge in [-0.05, 0) is 18.6 Å². The monoisotopic (exact) mass is 193 g/mol. The number of nitrogens with two attached hydrogens (primary N) is 1. The number of benzene rings is 1. The van der Waals surface area contributed by atoms with Gasteiger partial charge in [0.2, 0.25) is 0 Å². The number of halogens is 1. The van der Waals surface area contributed by atoms with E-state index in [1.807, 2.05) is 0 Å². The van der Waals surface area contributed by atoms with Gasteiger partial charge in [0.25, 0.3) is 0 Å². The third kappa shape index (κ3) is 1.25. The molecular formula is C10H8FNO2. The first-order valence-corrected chi connectivity index (χ1v) is 4.07. The summed E-state index contributed by atoms with van der Waals surface area (Å²) in [5, 5.41) is 0.656. The Morgan fingerprint density at radius 3 is 2.79 bits per heavy atom. The molecular weight excluding hydrogens is 185 g/mol. The highest BCUT2D eigenvalue weighted by Crippen LogP contribution is 2.21. The Hall–Kier alpha value is -1.84. The maximum Gasteiger partial charge on any atom is 0.336 e. The lowest BCUT2D eigenvalue weighted by atomic mass is 10.1. The second-order valence-electron chi connectivity index (χ2n) is 3.12. The summed E-state index contributed by atoms with van der Waals surface area (Å²) in [4.78, 5) is 11.0. The lowest BCUT2D eigenvalue weighted by Gasteiger charge is -2.02. The Balaban J connectivity index is 2.96. The molecule has 0 saturated carbocycles. The first-order chi connectivity index (χ1) is 6.58. The summed E-state index contributed by atoms with van der Waals surface area (Å²) in [6, 6.07) is 3.93. The van der Waals surface area contributed by atoms with Gasteiger partial charge in [-0.15, -0.1) is 0 Å². The van der Waals surface area contributed by atoms with Crippen molar-refractivity contribution in [3.63, 3.8) is 0 Å². The molecule has 0 aliphatic carbocycles. The summed E-state index contributed by atoms with van der Waals surface area (Å²) in [5.74, 6) is -0.578. The minimum absolute atomic E-state index is 0.0504. The molecule has 0 aliphatic rings. The van der Waals surface area contributed by atoms with Gasteiger partial charge in [-0.3, -0.25) is 0 Å². The van der Waals surface area contributed by atoms with E-state index in [4.69, 9.17) is 10.2 Å². The molecule has 0 unspecified atom stereocenters. The van der Waals surface area contributed by atoms with Gasteiger partial charge in [0, 0.05) is 17.5 Å². The average Bonchev–Trinajstić information content (AvgIpc) is 2.08. The van der Waals surface area contributed by atoms with E-state index in [0.717, 1.165) is 11.6 Å². The maximum atomic E-state index is 13.0. The van der Waals surface area contributed by atoms with Crippen molar-refractivity contribution in [2.75, 3.05) is 5.73 Å². The van der Waals surface area contributed by atoms with Gasteiger partial charge in [0.15, 0.2) is 0 Å². The maximum absolute atomic E-state index is 13.0. The Labute approximate surface area is 78.9 Å². The van der Waals surface area contributed by atoms with Crippen molar-refractivity contribution in [1.29, 1.82) is 0 Å². The molecule has 0 aliphatic heterocycles. The van der Waals surface area contributed by atoms with E-state index < -0.39 is 11.4 Å². The fourth-order valence-corrected chi connectivity index (χ4v) is 1.36. The van der Waals surface area contributed by atoms with Crippen LogP contribution in [0.5, 0.6) is 0 Å².